The second-order valence-corrected chi connectivity index (χ2v) is 3.52. The lowest BCUT2D eigenvalue weighted by atomic mass is 9.97. The van der Waals surface area contributed by atoms with Gasteiger partial charge in [-0.25, -0.2) is 0 Å². The second kappa shape index (κ2) is 2.87. The van der Waals surface area contributed by atoms with Gasteiger partial charge in [-0.2, -0.15) is 0 Å². The highest BCUT2D eigenvalue weighted by Crippen LogP contribution is 2.31. The first-order chi connectivity index (χ1) is 5.90. The van der Waals surface area contributed by atoms with Crippen molar-refractivity contribution in [1.82, 2.24) is 5.32 Å². The molecule has 72 valence electrons. The molecule has 0 radical (unpaired) electrons. The van der Waals surface area contributed by atoms with Gasteiger partial charge in [0.15, 0.2) is 0 Å². The minimum Gasteiger partial charge on any atom is -0.467 e. The molecule has 0 saturated carbocycles. The Hall–Kier alpha value is -1.32. The van der Waals surface area contributed by atoms with Crippen LogP contribution in [0, 0.1) is 5.41 Å². The highest BCUT2D eigenvalue weighted by Gasteiger charge is 2.38. The van der Waals surface area contributed by atoms with Gasteiger partial charge in [0.2, 0.25) is 5.90 Å². The quantitative estimate of drug-likeness (QED) is 0.631. The SMILES string of the molecule is CNC(=O)C1=C(C)C(C)(C)OC1=N. The number of nitrogens with one attached hydrogen (secondary N) is 2. The first kappa shape index (κ1) is 9.77. The molecule has 4 nitrogen and oxygen atoms in total. The Kier molecular flexibility index (Phi) is 2.15. The van der Waals surface area contributed by atoms with Crippen LogP contribution in [0.3, 0.4) is 0 Å². The molecule has 0 saturated heterocycles. The van der Waals surface area contributed by atoms with Crippen molar-refractivity contribution in [3.8, 4) is 0 Å². The summed E-state index contributed by atoms with van der Waals surface area (Å²) in [6, 6.07) is 0. The smallest absolute Gasteiger partial charge is 0.256 e. The molecule has 0 bridgehead atoms. The number of likely N-dealkylation sites (N-methyl/N-ethyl adjacent to an activating group) is 1. The number of ether oxygens (including phenoxy) is 1. The van der Waals surface area contributed by atoms with Crippen molar-refractivity contribution >= 4 is 11.8 Å². The average molecular weight is 182 g/mol. The Morgan fingerprint density at radius 3 is 2.38 bits per heavy atom. The standard InChI is InChI=1S/C9H14N2O2/c1-5-6(8(12)11-4)7(10)13-9(5,2)3/h10H,1-4H3,(H,11,12). The van der Waals surface area contributed by atoms with E-state index in [2.05, 4.69) is 5.32 Å². The summed E-state index contributed by atoms with van der Waals surface area (Å²) >= 11 is 0. The second-order valence-electron chi connectivity index (χ2n) is 3.52. The number of amides is 1. The van der Waals surface area contributed by atoms with Gasteiger partial charge < -0.3 is 10.1 Å². The third-order valence-corrected chi connectivity index (χ3v) is 2.32. The van der Waals surface area contributed by atoms with Crippen LogP contribution >= 0.6 is 0 Å². The molecule has 1 rings (SSSR count). The molecular weight excluding hydrogens is 168 g/mol. The fourth-order valence-electron chi connectivity index (χ4n) is 1.25. The van der Waals surface area contributed by atoms with Crippen molar-refractivity contribution in [3.05, 3.63) is 11.1 Å². The molecule has 0 fully saturated rings. The number of carbonyl (C=O) groups is 1. The van der Waals surface area contributed by atoms with E-state index in [0.29, 0.717) is 5.57 Å². The first-order valence-corrected chi connectivity index (χ1v) is 4.11. The summed E-state index contributed by atoms with van der Waals surface area (Å²) in [5.74, 6) is -0.296. The van der Waals surface area contributed by atoms with E-state index in [-0.39, 0.29) is 11.8 Å². The van der Waals surface area contributed by atoms with Gasteiger partial charge in [-0.1, -0.05) is 0 Å². The van der Waals surface area contributed by atoms with Gasteiger partial charge in [-0.3, -0.25) is 10.2 Å². The monoisotopic (exact) mass is 182 g/mol. The third kappa shape index (κ3) is 1.43. The van der Waals surface area contributed by atoms with Crippen LogP contribution in [0.2, 0.25) is 0 Å². The van der Waals surface area contributed by atoms with Crippen LogP contribution in [-0.4, -0.2) is 24.5 Å². The van der Waals surface area contributed by atoms with Crippen LogP contribution in [0.1, 0.15) is 20.8 Å². The normalized spacial score (nSPS) is 20.2. The molecule has 0 aromatic carbocycles. The molecule has 4 heteroatoms. The molecule has 0 unspecified atom stereocenters. The zero-order chi connectivity index (χ0) is 10.2. The Labute approximate surface area is 77.5 Å². The summed E-state index contributed by atoms with van der Waals surface area (Å²) in [7, 11) is 1.54. The topological polar surface area (TPSA) is 62.2 Å². The van der Waals surface area contributed by atoms with E-state index in [1.54, 1.807) is 7.05 Å². The molecule has 2 N–H and O–H groups in total. The Bertz CT molecular complexity index is 303. The molecule has 1 aliphatic rings. The predicted octanol–water partition coefficient (Wildman–Crippen LogP) is 0.835. The molecular formula is C9H14N2O2. The molecule has 1 amide bonds. The fraction of sp³-hybridized carbons (Fsp3) is 0.556. The third-order valence-electron chi connectivity index (χ3n) is 2.32. The lowest BCUT2D eigenvalue weighted by Gasteiger charge is -2.18. The van der Waals surface area contributed by atoms with Crippen LogP contribution in [0.5, 0.6) is 0 Å². The van der Waals surface area contributed by atoms with Gasteiger partial charge in [0, 0.05) is 7.05 Å². The molecule has 0 spiro atoms. The maximum atomic E-state index is 11.3. The van der Waals surface area contributed by atoms with E-state index in [0.717, 1.165) is 5.57 Å². The van der Waals surface area contributed by atoms with Crippen molar-refractivity contribution in [1.29, 1.82) is 5.41 Å². The summed E-state index contributed by atoms with van der Waals surface area (Å²) in [6.07, 6.45) is 0. The lowest BCUT2D eigenvalue weighted by molar-refractivity contribution is -0.116. The van der Waals surface area contributed by atoms with Crippen LogP contribution in [0.25, 0.3) is 0 Å². The summed E-state index contributed by atoms with van der Waals surface area (Å²) in [5.41, 5.74) is 0.628. The minimum atomic E-state index is -0.529. The Balaban J connectivity index is 3.13. The Morgan fingerprint density at radius 2 is 2.08 bits per heavy atom. The van der Waals surface area contributed by atoms with Gasteiger partial charge in [-0.15, -0.1) is 0 Å². The molecule has 1 aliphatic heterocycles. The summed E-state index contributed by atoms with van der Waals surface area (Å²) in [6.45, 7) is 5.49. The van der Waals surface area contributed by atoms with Crippen LogP contribution in [0.4, 0.5) is 0 Å². The zero-order valence-corrected chi connectivity index (χ0v) is 8.32. The number of hydrogen-bond donors (Lipinski definition) is 2. The fourth-order valence-corrected chi connectivity index (χ4v) is 1.25. The summed E-state index contributed by atoms with van der Waals surface area (Å²) in [4.78, 5) is 11.3. The molecule has 0 aromatic rings. The van der Waals surface area contributed by atoms with Crippen molar-refractivity contribution in [2.75, 3.05) is 7.05 Å². The number of hydrogen-bond acceptors (Lipinski definition) is 3. The predicted molar refractivity (Wildman–Crippen MR) is 49.7 cm³/mol. The van der Waals surface area contributed by atoms with Gasteiger partial charge in [-0.05, 0) is 26.3 Å². The highest BCUT2D eigenvalue weighted by molar-refractivity contribution is 6.19. The molecule has 0 atom stereocenters. The van der Waals surface area contributed by atoms with E-state index >= 15 is 0 Å². The van der Waals surface area contributed by atoms with Crippen LogP contribution < -0.4 is 5.32 Å². The molecule has 13 heavy (non-hydrogen) atoms. The molecule has 0 aliphatic carbocycles. The maximum absolute atomic E-state index is 11.3. The van der Waals surface area contributed by atoms with Gasteiger partial charge >= 0.3 is 0 Å². The van der Waals surface area contributed by atoms with E-state index in [4.69, 9.17) is 10.1 Å². The van der Waals surface area contributed by atoms with Crippen molar-refractivity contribution in [3.63, 3.8) is 0 Å². The maximum Gasteiger partial charge on any atom is 0.256 e. The van der Waals surface area contributed by atoms with Crippen LogP contribution in [-0.2, 0) is 9.53 Å². The molecule has 0 aromatic heterocycles. The van der Waals surface area contributed by atoms with E-state index < -0.39 is 5.60 Å². The Morgan fingerprint density at radius 1 is 1.54 bits per heavy atom. The zero-order valence-electron chi connectivity index (χ0n) is 8.32. The van der Waals surface area contributed by atoms with Crippen molar-refractivity contribution < 1.29 is 9.53 Å². The lowest BCUT2D eigenvalue weighted by Crippen LogP contribution is -2.23. The van der Waals surface area contributed by atoms with E-state index in [9.17, 15) is 4.79 Å². The highest BCUT2D eigenvalue weighted by atomic mass is 16.5. The average Bonchev–Trinajstić information content (AvgIpc) is 2.21. The minimum absolute atomic E-state index is 0.0400. The van der Waals surface area contributed by atoms with Crippen LogP contribution in [0.15, 0.2) is 11.1 Å². The van der Waals surface area contributed by atoms with Crippen molar-refractivity contribution in [2.45, 2.75) is 26.4 Å². The van der Waals surface area contributed by atoms with Gasteiger partial charge in [0.25, 0.3) is 5.91 Å². The number of carbonyl (C=O) groups excluding carboxylic acids is 1. The van der Waals surface area contributed by atoms with E-state index in [1.165, 1.54) is 0 Å². The largest absolute Gasteiger partial charge is 0.467 e. The van der Waals surface area contributed by atoms with Gasteiger partial charge in [0.1, 0.15) is 11.2 Å². The summed E-state index contributed by atoms with van der Waals surface area (Å²) in [5, 5.41) is 9.97. The molecule has 1 heterocycles. The first-order valence-electron chi connectivity index (χ1n) is 4.11. The van der Waals surface area contributed by atoms with Gasteiger partial charge in [0.05, 0.1) is 0 Å². The van der Waals surface area contributed by atoms with E-state index in [1.807, 2.05) is 20.8 Å². The van der Waals surface area contributed by atoms with Crippen molar-refractivity contribution in [2.24, 2.45) is 0 Å². The number of rotatable bonds is 1. The summed E-state index contributed by atoms with van der Waals surface area (Å²) < 4.78 is 5.24.